The Kier molecular flexibility index (Phi) is 3.99. The number of benzene rings is 2. The van der Waals surface area contributed by atoms with Gasteiger partial charge in [-0.3, -0.25) is 4.79 Å². The molecule has 2 aromatic carbocycles. The van der Waals surface area contributed by atoms with Gasteiger partial charge < -0.3 is 8.92 Å². The zero-order chi connectivity index (χ0) is 16.6. The lowest BCUT2D eigenvalue weighted by atomic mass is 10.1. The van der Waals surface area contributed by atoms with Crippen molar-refractivity contribution in [1.29, 1.82) is 0 Å². The molecule has 3 rings (SSSR count). The van der Waals surface area contributed by atoms with Gasteiger partial charge in [0, 0.05) is 10.5 Å². The number of hydrogen-bond acceptors (Lipinski definition) is 5. The summed E-state index contributed by atoms with van der Waals surface area (Å²) < 4.78 is 33.5. The van der Waals surface area contributed by atoms with Crippen molar-refractivity contribution in [2.45, 2.75) is 0 Å². The lowest BCUT2D eigenvalue weighted by Crippen LogP contribution is -2.05. The van der Waals surface area contributed by atoms with Crippen LogP contribution in [0.2, 0.25) is 0 Å². The van der Waals surface area contributed by atoms with Gasteiger partial charge >= 0.3 is 10.1 Å². The Labute approximate surface area is 141 Å². The average molecular weight is 395 g/mol. The molecule has 0 bridgehead atoms. The fourth-order valence-electron chi connectivity index (χ4n) is 2.13. The van der Waals surface area contributed by atoms with E-state index in [0.29, 0.717) is 5.56 Å². The van der Waals surface area contributed by atoms with E-state index in [-0.39, 0.29) is 23.0 Å². The van der Waals surface area contributed by atoms with Crippen LogP contribution in [0.15, 0.2) is 52.7 Å². The van der Waals surface area contributed by atoms with Crippen LogP contribution in [0.3, 0.4) is 0 Å². The Morgan fingerprint density at radius 1 is 1.17 bits per heavy atom. The fourth-order valence-corrected chi connectivity index (χ4v) is 2.98. The summed E-state index contributed by atoms with van der Waals surface area (Å²) in [5.41, 5.74) is 1.17. The van der Waals surface area contributed by atoms with Crippen LogP contribution in [0.5, 0.6) is 11.5 Å². The zero-order valence-corrected chi connectivity index (χ0v) is 14.3. The number of Topliss-reactive ketones (excluding diaryl/α,β-unsaturated/α-hetero) is 1. The highest BCUT2D eigenvalue weighted by molar-refractivity contribution is 9.10. The van der Waals surface area contributed by atoms with Crippen molar-refractivity contribution in [2.24, 2.45) is 0 Å². The van der Waals surface area contributed by atoms with Gasteiger partial charge in [0.25, 0.3) is 0 Å². The molecule has 5 nitrogen and oxygen atoms in total. The summed E-state index contributed by atoms with van der Waals surface area (Å²) in [7, 11) is -3.64. The van der Waals surface area contributed by atoms with Crippen molar-refractivity contribution in [3.63, 3.8) is 0 Å². The summed E-state index contributed by atoms with van der Waals surface area (Å²) >= 11 is 3.41. The normalized spacial score (nSPS) is 15.4. The maximum atomic E-state index is 12.3. The van der Waals surface area contributed by atoms with Crippen molar-refractivity contribution < 1.29 is 22.1 Å². The van der Waals surface area contributed by atoms with Gasteiger partial charge in [0.15, 0.2) is 5.76 Å². The Bertz CT molecular complexity index is 931. The van der Waals surface area contributed by atoms with Gasteiger partial charge in [0.05, 0.1) is 11.8 Å². The van der Waals surface area contributed by atoms with Crippen LogP contribution in [0, 0.1) is 0 Å². The van der Waals surface area contributed by atoms with Gasteiger partial charge in [-0.25, -0.2) is 0 Å². The maximum absolute atomic E-state index is 12.3. The lowest BCUT2D eigenvalue weighted by Gasteiger charge is -2.04. The molecule has 1 aliphatic heterocycles. The molecule has 0 spiro atoms. The molecular formula is C16H11BrO5S. The van der Waals surface area contributed by atoms with Gasteiger partial charge in [-0.05, 0) is 29.8 Å². The van der Waals surface area contributed by atoms with Gasteiger partial charge in [0.2, 0.25) is 5.78 Å². The van der Waals surface area contributed by atoms with Gasteiger partial charge in [-0.2, -0.15) is 8.42 Å². The highest BCUT2D eigenvalue weighted by Gasteiger charge is 2.28. The Hall–Kier alpha value is -2.12. The third kappa shape index (κ3) is 3.46. The van der Waals surface area contributed by atoms with E-state index in [1.807, 2.05) is 24.3 Å². The quantitative estimate of drug-likeness (QED) is 0.589. The number of allylic oxidation sites excluding steroid dienone is 1. The third-order valence-electron chi connectivity index (χ3n) is 3.08. The molecule has 0 atom stereocenters. The van der Waals surface area contributed by atoms with E-state index in [9.17, 15) is 13.2 Å². The van der Waals surface area contributed by atoms with Gasteiger partial charge in [-0.1, -0.05) is 34.1 Å². The van der Waals surface area contributed by atoms with Crippen LogP contribution >= 0.6 is 15.9 Å². The molecule has 0 saturated heterocycles. The van der Waals surface area contributed by atoms with E-state index < -0.39 is 10.1 Å². The van der Waals surface area contributed by atoms with Crippen LogP contribution in [0.1, 0.15) is 15.9 Å². The van der Waals surface area contributed by atoms with E-state index in [1.54, 1.807) is 6.08 Å². The average Bonchev–Trinajstić information content (AvgIpc) is 2.76. The van der Waals surface area contributed by atoms with Crippen LogP contribution in [0.25, 0.3) is 6.08 Å². The van der Waals surface area contributed by atoms with Crippen molar-refractivity contribution in [3.8, 4) is 11.5 Å². The molecule has 0 fully saturated rings. The number of ether oxygens (including phenoxy) is 1. The van der Waals surface area contributed by atoms with Crippen molar-refractivity contribution in [2.75, 3.05) is 6.26 Å². The summed E-state index contributed by atoms with van der Waals surface area (Å²) in [5, 5.41) is 0. The molecule has 23 heavy (non-hydrogen) atoms. The molecule has 2 aromatic rings. The lowest BCUT2D eigenvalue weighted by molar-refractivity contribution is 0.101. The summed E-state index contributed by atoms with van der Waals surface area (Å²) in [6.45, 7) is 0. The molecule has 0 N–H and O–H groups in total. The SMILES string of the molecule is CS(=O)(=O)Oc1ccc2c(c1)OC(=Cc1ccccc1Br)C2=O. The number of rotatable bonds is 3. The van der Waals surface area contributed by atoms with Crippen LogP contribution < -0.4 is 8.92 Å². The zero-order valence-electron chi connectivity index (χ0n) is 11.9. The van der Waals surface area contributed by atoms with Crippen molar-refractivity contribution >= 4 is 37.9 Å². The number of hydrogen-bond donors (Lipinski definition) is 0. The van der Waals surface area contributed by atoms with Crippen molar-refractivity contribution in [3.05, 3.63) is 63.8 Å². The van der Waals surface area contributed by atoms with Gasteiger partial charge in [-0.15, -0.1) is 0 Å². The topological polar surface area (TPSA) is 69.7 Å². The van der Waals surface area contributed by atoms with Gasteiger partial charge in [0.1, 0.15) is 11.5 Å². The Balaban J connectivity index is 1.94. The second-order valence-corrected chi connectivity index (χ2v) is 7.34. The largest absolute Gasteiger partial charge is 0.452 e. The highest BCUT2D eigenvalue weighted by atomic mass is 79.9. The number of fused-ring (bicyclic) bond motifs is 1. The van der Waals surface area contributed by atoms with E-state index in [4.69, 9.17) is 8.92 Å². The minimum atomic E-state index is -3.64. The molecule has 1 aliphatic rings. The molecule has 0 radical (unpaired) electrons. The van der Waals surface area contributed by atoms with E-state index >= 15 is 0 Å². The Morgan fingerprint density at radius 2 is 1.91 bits per heavy atom. The number of carbonyl (C=O) groups is 1. The summed E-state index contributed by atoms with van der Waals surface area (Å²) in [6, 6.07) is 11.7. The molecule has 0 aromatic heterocycles. The minimum Gasteiger partial charge on any atom is -0.452 e. The molecular weight excluding hydrogens is 384 g/mol. The van der Waals surface area contributed by atoms with Crippen molar-refractivity contribution in [1.82, 2.24) is 0 Å². The number of carbonyl (C=O) groups excluding carboxylic acids is 1. The molecule has 7 heteroatoms. The maximum Gasteiger partial charge on any atom is 0.306 e. The third-order valence-corrected chi connectivity index (χ3v) is 4.30. The molecule has 0 unspecified atom stereocenters. The summed E-state index contributed by atoms with van der Waals surface area (Å²) in [6.07, 6.45) is 2.58. The first-order valence-corrected chi connectivity index (χ1v) is 9.17. The first-order valence-electron chi connectivity index (χ1n) is 6.56. The fraction of sp³-hybridized carbons (Fsp3) is 0.0625. The number of ketones is 1. The molecule has 118 valence electrons. The predicted molar refractivity (Wildman–Crippen MR) is 89.0 cm³/mol. The predicted octanol–water partition coefficient (Wildman–Crippen LogP) is 3.40. The van der Waals surface area contributed by atoms with Crippen LogP contribution in [-0.2, 0) is 10.1 Å². The van der Waals surface area contributed by atoms with E-state index in [1.165, 1.54) is 18.2 Å². The number of halogens is 1. The molecule has 0 saturated carbocycles. The van der Waals surface area contributed by atoms with Crippen LogP contribution in [0.4, 0.5) is 0 Å². The van der Waals surface area contributed by atoms with E-state index in [2.05, 4.69) is 15.9 Å². The summed E-state index contributed by atoms with van der Waals surface area (Å²) in [4.78, 5) is 12.3. The standard InChI is InChI=1S/C16H11BrO5S/c1-23(19,20)22-11-6-7-12-14(9-11)21-15(16(12)18)8-10-4-2-3-5-13(10)17/h2-9H,1H3. The monoisotopic (exact) mass is 394 g/mol. The smallest absolute Gasteiger partial charge is 0.306 e. The van der Waals surface area contributed by atoms with E-state index in [0.717, 1.165) is 16.3 Å². The molecule has 0 amide bonds. The van der Waals surface area contributed by atoms with Crippen LogP contribution in [-0.4, -0.2) is 20.5 Å². The highest BCUT2D eigenvalue weighted by Crippen LogP contribution is 2.35. The molecule has 1 heterocycles. The minimum absolute atomic E-state index is 0.0983. The molecule has 0 aliphatic carbocycles. The summed E-state index contributed by atoms with van der Waals surface area (Å²) in [5.74, 6) is 0.278. The Morgan fingerprint density at radius 3 is 2.61 bits per heavy atom. The second kappa shape index (κ2) is 5.82. The first-order chi connectivity index (χ1) is 10.8. The second-order valence-electron chi connectivity index (χ2n) is 4.91. The first kappa shape index (κ1) is 15.8.